The van der Waals surface area contributed by atoms with Crippen LogP contribution in [-0.4, -0.2) is 22.1 Å². The van der Waals surface area contributed by atoms with Crippen molar-refractivity contribution in [3.63, 3.8) is 0 Å². The van der Waals surface area contributed by atoms with E-state index in [1.807, 2.05) is 0 Å². The molecule has 0 atom stereocenters. The van der Waals surface area contributed by atoms with Gasteiger partial charge in [-0.3, -0.25) is 4.57 Å². The van der Waals surface area contributed by atoms with E-state index in [2.05, 4.69) is 20.9 Å². The number of esters is 1. The van der Waals surface area contributed by atoms with Crippen LogP contribution >= 0.6 is 39.1 Å². The highest BCUT2D eigenvalue weighted by Gasteiger charge is 2.32. The van der Waals surface area contributed by atoms with Gasteiger partial charge in [-0.1, -0.05) is 23.2 Å². The Morgan fingerprint density at radius 1 is 1.35 bits per heavy atom. The normalized spacial score (nSPS) is 11.6. The summed E-state index contributed by atoms with van der Waals surface area (Å²) >= 11 is 15.0. The first kappa shape index (κ1) is 18.1. The zero-order chi connectivity index (χ0) is 17.4. The van der Waals surface area contributed by atoms with E-state index >= 15 is 0 Å². The maximum absolute atomic E-state index is 12.7. The van der Waals surface area contributed by atoms with Crippen LogP contribution in [0.25, 0.3) is 5.69 Å². The second-order valence-corrected chi connectivity index (χ2v) is 5.83. The Morgan fingerprint density at radius 3 is 2.39 bits per heavy atom. The molecule has 23 heavy (non-hydrogen) atoms. The van der Waals surface area contributed by atoms with Crippen LogP contribution in [-0.2, 0) is 10.9 Å². The molecule has 2 aromatic rings. The van der Waals surface area contributed by atoms with Crippen LogP contribution in [0.1, 0.15) is 23.0 Å². The molecule has 0 aliphatic carbocycles. The summed E-state index contributed by atoms with van der Waals surface area (Å²) in [6.45, 7) is 1.78. The van der Waals surface area contributed by atoms with Crippen LogP contribution in [0.3, 0.4) is 0 Å². The minimum absolute atomic E-state index is 0.0427. The van der Waals surface area contributed by atoms with Gasteiger partial charge in [0.05, 0.1) is 27.9 Å². The predicted molar refractivity (Wildman–Crippen MR) is 82.2 cm³/mol. The maximum Gasteiger partial charge on any atom is 0.416 e. The fourth-order valence-electron chi connectivity index (χ4n) is 1.79. The molecule has 0 aliphatic heterocycles. The first-order valence-corrected chi connectivity index (χ1v) is 7.68. The number of ether oxygens (including phenoxy) is 1. The molecule has 2 rings (SSSR count). The first-order valence-electron chi connectivity index (χ1n) is 6.13. The molecule has 4 nitrogen and oxygen atoms in total. The fraction of sp³-hybridized carbons (Fsp3) is 0.231. The quantitative estimate of drug-likeness (QED) is 0.632. The van der Waals surface area contributed by atoms with Crippen molar-refractivity contribution in [1.82, 2.24) is 9.55 Å². The molecule has 10 heteroatoms. The van der Waals surface area contributed by atoms with E-state index in [1.54, 1.807) is 6.92 Å². The number of rotatable bonds is 3. The van der Waals surface area contributed by atoms with Crippen LogP contribution < -0.4 is 0 Å². The van der Waals surface area contributed by atoms with Gasteiger partial charge in [0.15, 0.2) is 5.69 Å². The molecule has 0 unspecified atom stereocenters. The molecule has 0 spiro atoms. The van der Waals surface area contributed by atoms with Crippen molar-refractivity contribution in [3.05, 3.63) is 44.4 Å². The summed E-state index contributed by atoms with van der Waals surface area (Å²) in [6, 6.07) is 1.50. The summed E-state index contributed by atoms with van der Waals surface area (Å²) in [5.74, 6) is -0.683. The summed E-state index contributed by atoms with van der Waals surface area (Å²) in [5.41, 5.74) is -0.951. The van der Waals surface area contributed by atoms with Crippen LogP contribution in [0.15, 0.2) is 23.1 Å². The second kappa shape index (κ2) is 6.70. The molecule has 0 N–H and O–H groups in total. The SMILES string of the molecule is CCOC(=O)c1ncn(-c2c(Cl)cc(C(F)(F)F)cc2Cl)c1Br. The number of carbonyl (C=O) groups is 1. The van der Waals surface area contributed by atoms with Crippen LogP contribution in [0.5, 0.6) is 0 Å². The summed E-state index contributed by atoms with van der Waals surface area (Å²) in [4.78, 5) is 15.6. The monoisotopic (exact) mass is 430 g/mol. The Hall–Kier alpha value is -1.25. The molecule has 0 saturated heterocycles. The molecule has 0 saturated carbocycles. The van der Waals surface area contributed by atoms with Crippen molar-refractivity contribution in [2.75, 3.05) is 6.61 Å². The minimum atomic E-state index is -4.58. The van der Waals surface area contributed by atoms with Gasteiger partial charge in [0.25, 0.3) is 0 Å². The van der Waals surface area contributed by atoms with E-state index in [9.17, 15) is 18.0 Å². The van der Waals surface area contributed by atoms with Crippen LogP contribution in [0.4, 0.5) is 13.2 Å². The Morgan fingerprint density at radius 2 is 1.91 bits per heavy atom. The average molecular weight is 432 g/mol. The van der Waals surface area contributed by atoms with Crippen molar-refractivity contribution in [2.24, 2.45) is 0 Å². The van der Waals surface area contributed by atoms with Gasteiger partial charge in [-0.15, -0.1) is 0 Å². The lowest BCUT2D eigenvalue weighted by Gasteiger charge is -2.13. The maximum atomic E-state index is 12.7. The second-order valence-electron chi connectivity index (χ2n) is 4.26. The molecule has 0 amide bonds. The van der Waals surface area contributed by atoms with Gasteiger partial charge < -0.3 is 4.74 Å². The molecule has 0 fully saturated rings. The van der Waals surface area contributed by atoms with Gasteiger partial charge in [-0.25, -0.2) is 9.78 Å². The highest BCUT2D eigenvalue weighted by molar-refractivity contribution is 9.10. The Balaban J connectivity index is 2.54. The lowest BCUT2D eigenvalue weighted by molar-refractivity contribution is -0.137. The van der Waals surface area contributed by atoms with Gasteiger partial charge in [0.2, 0.25) is 0 Å². The number of hydrogen-bond donors (Lipinski definition) is 0. The van der Waals surface area contributed by atoms with Crippen LogP contribution in [0.2, 0.25) is 10.0 Å². The van der Waals surface area contributed by atoms with Gasteiger partial charge in [0, 0.05) is 0 Å². The third-order valence-corrected chi connectivity index (χ3v) is 4.10. The molecule has 1 aromatic heterocycles. The Bertz CT molecular complexity index is 739. The zero-order valence-corrected chi connectivity index (χ0v) is 14.5. The highest BCUT2D eigenvalue weighted by atomic mass is 79.9. The molecular weight excluding hydrogens is 424 g/mol. The highest BCUT2D eigenvalue weighted by Crippen LogP contribution is 2.38. The number of alkyl halides is 3. The smallest absolute Gasteiger partial charge is 0.416 e. The molecule has 1 heterocycles. The van der Waals surface area contributed by atoms with E-state index in [4.69, 9.17) is 27.9 Å². The van der Waals surface area contributed by atoms with E-state index < -0.39 is 17.7 Å². The summed E-state index contributed by atoms with van der Waals surface area (Å²) in [5, 5.41) is -0.475. The zero-order valence-electron chi connectivity index (χ0n) is 11.4. The number of hydrogen-bond acceptors (Lipinski definition) is 3. The topological polar surface area (TPSA) is 44.1 Å². The first-order chi connectivity index (χ1) is 10.7. The van der Waals surface area contributed by atoms with Crippen molar-refractivity contribution in [1.29, 1.82) is 0 Å². The van der Waals surface area contributed by atoms with Gasteiger partial charge in [0.1, 0.15) is 10.9 Å². The lowest BCUT2D eigenvalue weighted by Crippen LogP contribution is -2.08. The third-order valence-electron chi connectivity index (χ3n) is 2.76. The summed E-state index contributed by atoms with van der Waals surface area (Å²) < 4.78 is 44.5. The van der Waals surface area contributed by atoms with E-state index in [0.717, 1.165) is 12.1 Å². The van der Waals surface area contributed by atoms with Gasteiger partial charge in [-0.05, 0) is 35.0 Å². The Labute approximate surface area is 147 Å². The fourth-order valence-corrected chi connectivity index (χ4v) is 2.99. The molecule has 1 aromatic carbocycles. The number of aromatic nitrogens is 2. The lowest BCUT2D eigenvalue weighted by atomic mass is 10.2. The molecule has 0 aliphatic rings. The number of halogens is 6. The third kappa shape index (κ3) is 3.64. The number of nitrogens with zero attached hydrogens (tertiary/aromatic N) is 2. The molecule has 0 radical (unpaired) electrons. The molecular formula is C13H8BrCl2F3N2O2. The molecule has 124 valence electrons. The number of carbonyl (C=O) groups excluding carboxylic acids is 1. The van der Waals surface area contributed by atoms with E-state index in [1.165, 1.54) is 10.9 Å². The minimum Gasteiger partial charge on any atom is -0.461 e. The van der Waals surface area contributed by atoms with Crippen LogP contribution in [0, 0.1) is 0 Å². The average Bonchev–Trinajstić information content (AvgIpc) is 2.79. The van der Waals surface area contributed by atoms with Crippen molar-refractivity contribution >= 4 is 45.1 Å². The van der Waals surface area contributed by atoms with E-state index in [-0.39, 0.29) is 32.6 Å². The number of imidazole rings is 1. The standard InChI is InChI=1S/C13H8BrCl2F3N2O2/c1-2-23-12(22)9-11(14)21(5-20-9)10-7(15)3-6(4-8(10)16)13(17,18)19/h3-5H,2H2,1H3. The summed E-state index contributed by atoms with van der Waals surface area (Å²) in [7, 11) is 0. The van der Waals surface area contributed by atoms with Crippen molar-refractivity contribution < 1.29 is 22.7 Å². The largest absolute Gasteiger partial charge is 0.461 e. The van der Waals surface area contributed by atoms with Gasteiger partial charge in [-0.2, -0.15) is 13.2 Å². The van der Waals surface area contributed by atoms with E-state index in [0.29, 0.717) is 0 Å². The van der Waals surface area contributed by atoms with Crippen molar-refractivity contribution in [3.8, 4) is 5.69 Å². The Kier molecular flexibility index (Phi) is 5.27. The summed E-state index contributed by atoms with van der Waals surface area (Å²) in [6.07, 6.45) is -3.37. The van der Waals surface area contributed by atoms with Crippen molar-refractivity contribution in [2.45, 2.75) is 13.1 Å². The van der Waals surface area contributed by atoms with Gasteiger partial charge >= 0.3 is 12.1 Å². The molecule has 0 bridgehead atoms. The number of benzene rings is 1. The predicted octanol–water partition coefficient (Wildman–Crippen LogP) is 5.14.